The Morgan fingerprint density at radius 1 is 1.09 bits per heavy atom. The van der Waals surface area contributed by atoms with Gasteiger partial charge in [0.05, 0.1) is 0 Å². The van der Waals surface area contributed by atoms with Crippen molar-refractivity contribution >= 4 is 14.5 Å². The van der Waals surface area contributed by atoms with E-state index >= 15 is 0 Å². The minimum atomic E-state index is 1.29. The third kappa shape index (κ3) is 3.53. The predicted molar refractivity (Wildman–Crippen MR) is 56.6 cm³/mol. The molecule has 1 aromatic rings. The van der Waals surface area contributed by atoms with Gasteiger partial charge in [-0.1, -0.05) is 37.6 Å². The summed E-state index contributed by atoms with van der Waals surface area (Å²) in [4.78, 5) is 0. The SMILES string of the molecule is CC.Cc1ccc(P)c(C)c1. The fourth-order valence-corrected chi connectivity index (χ4v) is 1.01. The lowest BCUT2D eigenvalue weighted by Gasteiger charge is -1.98. The van der Waals surface area contributed by atoms with E-state index < -0.39 is 0 Å². The molecule has 1 aromatic carbocycles. The van der Waals surface area contributed by atoms with E-state index in [4.69, 9.17) is 0 Å². The van der Waals surface area contributed by atoms with E-state index in [2.05, 4.69) is 41.3 Å². The van der Waals surface area contributed by atoms with Gasteiger partial charge in [-0.3, -0.25) is 0 Å². The maximum Gasteiger partial charge on any atom is -0.0273 e. The highest BCUT2D eigenvalue weighted by atomic mass is 31.0. The van der Waals surface area contributed by atoms with E-state index in [1.807, 2.05) is 13.8 Å². The molecule has 0 spiro atoms. The Kier molecular flexibility index (Phi) is 5.15. The van der Waals surface area contributed by atoms with Gasteiger partial charge in [-0.15, -0.1) is 9.24 Å². The van der Waals surface area contributed by atoms with Crippen LogP contribution >= 0.6 is 9.24 Å². The van der Waals surface area contributed by atoms with Gasteiger partial charge in [-0.05, 0) is 24.7 Å². The van der Waals surface area contributed by atoms with E-state index in [1.165, 1.54) is 16.4 Å². The third-order valence-electron chi connectivity index (χ3n) is 1.43. The van der Waals surface area contributed by atoms with Crippen LogP contribution in [0.15, 0.2) is 18.2 Å². The Morgan fingerprint density at radius 3 is 2.00 bits per heavy atom. The first kappa shape index (κ1) is 10.7. The average Bonchev–Trinajstić information content (AvgIpc) is 2.02. The molecule has 0 bridgehead atoms. The Labute approximate surface area is 72.2 Å². The highest BCUT2D eigenvalue weighted by molar-refractivity contribution is 7.27. The second-order valence-electron chi connectivity index (χ2n) is 2.36. The summed E-state index contributed by atoms with van der Waals surface area (Å²) < 4.78 is 0. The molecular formula is C10H17P. The van der Waals surface area contributed by atoms with Crippen LogP contribution in [0.2, 0.25) is 0 Å². The molecule has 0 N–H and O–H groups in total. The monoisotopic (exact) mass is 168 g/mol. The highest BCUT2D eigenvalue weighted by Gasteiger charge is 1.89. The Hall–Kier alpha value is -0.350. The second-order valence-corrected chi connectivity index (χ2v) is 2.98. The lowest BCUT2D eigenvalue weighted by molar-refractivity contribution is 1.41. The highest BCUT2D eigenvalue weighted by Crippen LogP contribution is 2.02. The fraction of sp³-hybridized carbons (Fsp3) is 0.400. The van der Waals surface area contributed by atoms with Crippen molar-refractivity contribution in [3.63, 3.8) is 0 Å². The van der Waals surface area contributed by atoms with Gasteiger partial charge in [-0.25, -0.2) is 0 Å². The smallest absolute Gasteiger partial charge is 0.0273 e. The number of aryl methyl sites for hydroxylation is 2. The minimum absolute atomic E-state index is 1.29. The third-order valence-corrected chi connectivity index (χ3v) is 2.07. The second kappa shape index (κ2) is 5.32. The normalized spacial score (nSPS) is 8.45. The van der Waals surface area contributed by atoms with E-state index in [9.17, 15) is 0 Å². The molecule has 0 nitrogen and oxygen atoms in total. The largest absolute Gasteiger partial charge is 0.105 e. The van der Waals surface area contributed by atoms with Crippen molar-refractivity contribution in [1.29, 1.82) is 0 Å². The van der Waals surface area contributed by atoms with Crippen LogP contribution in [0.1, 0.15) is 25.0 Å². The summed E-state index contributed by atoms with van der Waals surface area (Å²) in [5, 5.41) is 1.29. The van der Waals surface area contributed by atoms with Crippen LogP contribution in [0.5, 0.6) is 0 Å². The quantitative estimate of drug-likeness (QED) is 0.522. The van der Waals surface area contributed by atoms with E-state index in [1.54, 1.807) is 0 Å². The summed E-state index contributed by atoms with van der Waals surface area (Å²) in [6.45, 7) is 8.23. The summed E-state index contributed by atoms with van der Waals surface area (Å²) >= 11 is 0. The molecule has 1 unspecified atom stereocenters. The Balaban J connectivity index is 0.000000461. The van der Waals surface area contributed by atoms with Gasteiger partial charge in [0.1, 0.15) is 0 Å². The molecule has 0 amide bonds. The lowest BCUT2D eigenvalue weighted by atomic mass is 10.2. The molecule has 0 heterocycles. The minimum Gasteiger partial charge on any atom is -0.105 e. The first-order valence-electron chi connectivity index (χ1n) is 4.03. The van der Waals surface area contributed by atoms with Crippen LogP contribution < -0.4 is 5.30 Å². The summed E-state index contributed by atoms with van der Waals surface area (Å²) in [5.74, 6) is 0. The molecular weight excluding hydrogens is 151 g/mol. The van der Waals surface area contributed by atoms with Crippen LogP contribution in [-0.4, -0.2) is 0 Å². The molecule has 11 heavy (non-hydrogen) atoms. The first-order chi connectivity index (χ1) is 5.20. The van der Waals surface area contributed by atoms with Crippen LogP contribution in [0.25, 0.3) is 0 Å². The standard InChI is InChI=1S/C8H11P.C2H6/c1-6-3-4-8(9)7(2)5-6;1-2/h3-5H,9H2,1-2H3;1-2H3. The van der Waals surface area contributed by atoms with Crippen LogP contribution in [-0.2, 0) is 0 Å². The molecule has 0 saturated heterocycles. The van der Waals surface area contributed by atoms with Gasteiger partial charge in [0.25, 0.3) is 0 Å². The molecule has 1 rings (SSSR count). The van der Waals surface area contributed by atoms with Gasteiger partial charge in [0, 0.05) is 0 Å². The molecule has 1 heteroatoms. The maximum absolute atomic E-state index is 2.71. The van der Waals surface area contributed by atoms with Crippen molar-refractivity contribution < 1.29 is 0 Å². The molecule has 0 aromatic heterocycles. The number of benzene rings is 1. The molecule has 0 saturated carbocycles. The Morgan fingerprint density at radius 2 is 1.64 bits per heavy atom. The zero-order valence-corrected chi connectivity index (χ0v) is 8.96. The van der Waals surface area contributed by atoms with E-state index in [0.29, 0.717) is 0 Å². The van der Waals surface area contributed by atoms with Crippen LogP contribution in [0.3, 0.4) is 0 Å². The molecule has 0 fully saturated rings. The molecule has 0 aliphatic heterocycles. The van der Waals surface area contributed by atoms with Crippen molar-refractivity contribution in [2.45, 2.75) is 27.7 Å². The molecule has 0 aliphatic rings. The van der Waals surface area contributed by atoms with Gasteiger partial charge in [-0.2, -0.15) is 0 Å². The maximum atomic E-state index is 2.71. The van der Waals surface area contributed by atoms with E-state index in [-0.39, 0.29) is 0 Å². The van der Waals surface area contributed by atoms with Gasteiger partial charge in [0.2, 0.25) is 0 Å². The number of rotatable bonds is 0. The van der Waals surface area contributed by atoms with Crippen molar-refractivity contribution in [1.82, 2.24) is 0 Å². The number of hydrogen-bond donors (Lipinski definition) is 0. The summed E-state index contributed by atoms with van der Waals surface area (Å²) in [5.41, 5.74) is 2.68. The van der Waals surface area contributed by atoms with Crippen LogP contribution in [0.4, 0.5) is 0 Å². The lowest BCUT2D eigenvalue weighted by Crippen LogP contribution is -1.94. The molecule has 0 aliphatic carbocycles. The van der Waals surface area contributed by atoms with Crippen molar-refractivity contribution in [2.75, 3.05) is 0 Å². The molecule has 0 radical (unpaired) electrons. The first-order valence-corrected chi connectivity index (χ1v) is 4.60. The average molecular weight is 168 g/mol. The zero-order valence-electron chi connectivity index (χ0n) is 7.81. The van der Waals surface area contributed by atoms with Crippen molar-refractivity contribution in [3.05, 3.63) is 29.3 Å². The molecule has 62 valence electrons. The van der Waals surface area contributed by atoms with Crippen LogP contribution in [0, 0.1) is 13.8 Å². The summed E-state index contributed by atoms with van der Waals surface area (Å²) in [6.07, 6.45) is 0. The predicted octanol–water partition coefficient (Wildman–Crippen LogP) is 2.83. The Bertz CT molecular complexity index is 216. The van der Waals surface area contributed by atoms with Gasteiger partial charge in [0.15, 0.2) is 0 Å². The van der Waals surface area contributed by atoms with Crippen molar-refractivity contribution in [3.8, 4) is 0 Å². The van der Waals surface area contributed by atoms with Gasteiger partial charge >= 0.3 is 0 Å². The van der Waals surface area contributed by atoms with Gasteiger partial charge < -0.3 is 0 Å². The molecule has 1 atom stereocenters. The number of hydrogen-bond acceptors (Lipinski definition) is 0. The van der Waals surface area contributed by atoms with Crippen molar-refractivity contribution in [2.24, 2.45) is 0 Å². The summed E-state index contributed by atoms with van der Waals surface area (Å²) in [6, 6.07) is 6.42. The zero-order chi connectivity index (χ0) is 8.85. The summed E-state index contributed by atoms with van der Waals surface area (Å²) in [7, 11) is 2.71. The fourth-order valence-electron chi connectivity index (χ4n) is 0.826. The topological polar surface area (TPSA) is 0 Å². The van der Waals surface area contributed by atoms with E-state index in [0.717, 1.165) is 0 Å².